The Kier molecular flexibility index (Phi) is 5.81. The van der Waals surface area contributed by atoms with Crippen LogP contribution in [0.1, 0.15) is 30.0 Å². The maximum atomic E-state index is 14.4. The van der Waals surface area contributed by atoms with E-state index < -0.39 is 34.9 Å². The first-order valence-corrected chi connectivity index (χ1v) is 8.85. The summed E-state index contributed by atoms with van der Waals surface area (Å²) in [5.41, 5.74) is -0.297. The van der Waals surface area contributed by atoms with Crippen molar-refractivity contribution < 1.29 is 26.7 Å². The van der Waals surface area contributed by atoms with Crippen LogP contribution in [0.2, 0.25) is 0 Å². The average molecular weight is 408 g/mol. The van der Waals surface area contributed by atoms with E-state index in [1.807, 2.05) is 6.92 Å². The Morgan fingerprint density at radius 1 is 0.931 bits per heavy atom. The lowest BCUT2D eigenvalue weighted by Gasteiger charge is -2.19. The molecule has 3 rings (SSSR count). The van der Waals surface area contributed by atoms with E-state index in [2.05, 4.69) is 14.7 Å². The van der Waals surface area contributed by atoms with E-state index in [-0.39, 0.29) is 17.0 Å². The molecular weight excluding hydrogens is 391 g/mol. The van der Waals surface area contributed by atoms with Crippen LogP contribution in [-0.2, 0) is 12.5 Å². The third-order valence-electron chi connectivity index (χ3n) is 4.29. The molecule has 0 spiro atoms. The van der Waals surface area contributed by atoms with E-state index >= 15 is 0 Å². The molecule has 0 fully saturated rings. The zero-order valence-electron chi connectivity index (χ0n) is 15.6. The van der Waals surface area contributed by atoms with Crippen LogP contribution in [0.3, 0.4) is 0 Å². The number of halogens is 5. The summed E-state index contributed by atoms with van der Waals surface area (Å²) in [4.78, 5) is 8.23. The fraction of sp³-hybridized carbons (Fsp3) is 0.238. The molecule has 0 aliphatic heterocycles. The summed E-state index contributed by atoms with van der Waals surface area (Å²) in [6, 6.07) is 4.14. The van der Waals surface area contributed by atoms with Gasteiger partial charge in [0.25, 0.3) is 0 Å². The van der Waals surface area contributed by atoms with E-state index in [9.17, 15) is 22.0 Å². The number of benzene rings is 2. The molecule has 8 heteroatoms. The maximum absolute atomic E-state index is 14.4. The second-order valence-corrected chi connectivity index (χ2v) is 6.49. The Hall–Kier alpha value is -3.03. The van der Waals surface area contributed by atoms with Crippen molar-refractivity contribution in [3.8, 4) is 17.1 Å². The highest BCUT2D eigenvalue weighted by Crippen LogP contribution is 2.35. The Morgan fingerprint density at radius 2 is 1.55 bits per heavy atom. The van der Waals surface area contributed by atoms with Crippen molar-refractivity contribution in [1.82, 2.24) is 9.97 Å². The third kappa shape index (κ3) is 4.52. The quantitative estimate of drug-likeness (QED) is 0.473. The summed E-state index contributed by atoms with van der Waals surface area (Å²) in [5, 5.41) is 0. The lowest BCUT2D eigenvalue weighted by molar-refractivity contribution is -0.187. The van der Waals surface area contributed by atoms with Gasteiger partial charge in [-0.25, -0.2) is 23.1 Å². The van der Waals surface area contributed by atoms with Crippen molar-refractivity contribution in [2.75, 3.05) is 0 Å². The number of ether oxygens (including phenoxy) is 1. The lowest BCUT2D eigenvalue weighted by Crippen LogP contribution is -2.23. The van der Waals surface area contributed by atoms with E-state index in [1.165, 1.54) is 6.07 Å². The summed E-state index contributed by atoms with van der Waals surface area (Å²) in [6.07, 6.45) is 0.738. The fourth-order valence-corrected chi connectivity index (χ4v) is 2.70. The molecule has 1 aromatic heterocycles. The van der Waals surface area contributed by atoms with Gasteiger partial charge in [0.2, 0.25) is 0 Å². The molecule has 0 aliphatic rings. The molecule has 1 heterocycles. The first kappa shape index (κ1) is 20.7. The first-order valence-electron chi connectivity index (χ1n) is 8.85. The Balaban J connectivity index is 1.86. The van der Waals surface area contributed by atoms with Gasteiger partial charge in [0.1, 0.15) is 23.2 Å². The molecule has 0 N–H and O–H groups in total. The molecule has 2 aromatic carbocycles. The molecule has 0 atom stereocenters. The van der Waals surface area contributed by atoms with Crippen LogP contribution in [0.25, 0.3) is 11.4 Å². The minimum Gasteiger partial charge on any atom is -0.429 e. The van der Waals surface area contributed by atoms with Crippen LogP contribution in [-0.4, -0.2) is 9.97 Å². The first-order chi connectivity index (χ1) is 13.7. The number of nitrogens with zero attached hydrogens (tertiary/aromatic N) is 2. The van der Waals surface area contributed by atoms with Gasteiger partial charge in [-0.15, -0.1) is 0 Å². The van der Waals surface area contributed by atoms with Gasteiger partial charge in [-0.1, -0.05) is 19.4 Å². The van der Waals surface area contributed by atoms with Crippen LogP contribution >= 0.6 is 0 Å². The topological polar surface area (TPSA) is 35.0 Å². The molecule has 3 nitrogen and oxygen atoms in total. The van der Waals surface area contributed by atoms with Crippen LogP contribution < -0.4 is 4.74 Å². The number of hydrogen-bond acceptors (Lipinski definition) is 3. The number of alkyl halides is 2. The Bertz CT molecular complexity index is 999. The van der Waals surface area contributed by atoms with Crippen molar-refractivity contribution in [2.45, 2.75) is 32.8 Å². The summed E-state index contributed by atoms with van der Waals surface area (Å²) < 4.78 is 74.7. The zero-order valence-corrected chi connectivity index (χ0v) is 15.6. The highest BCUT2D eigenvalue weighted by molar-refractivity contribution is 5.55. The molecule has 0 unspecified atom stereocenters. The Labute approximate surface area is 164 Å². The molecule has 0 saturated heterocycles. The predicted octanol–water partition coefficient (Wildman–Crippen LogP) is 5.95. The van der Waals surface area contributed by atoms with E-state index in [0.717, 1.165) is 37.5 Å². The Morgan fingerprint density at radius 3 is 2.10 bits per heavy atom. The van der Waals surface area contributed by atoms with E-state index in [1.54, 1.807) is 12.4 Å². The maximum Gasteiger partial charge on any atom is 0.429 e. The molecule has 0 saturated carbocycles. The largest absolute Gasteiger partial charge is 0.429 e. The lowest BCUT2D eigenvalue weighted by atomic mass is 10.1. The van der Waals surface area contributed by atoms with Gasteiger partial charge in [0, 0.05) is 35.7 Å². The van der Waals surface area contributed by atoms with Crippen molar-refractivity contribution in [1.29, 1.82) is 0 Å². The molecule has 152 valence electrons. The van der Waals surface area contributed by atoms with E-state index in [4.69, 9.17) is 0 Å². The SMILES string of the molecule is CCCc1cnc(-c2ccc(C(F)(F)Oc3cc(F)c(C)c(F)c3)c(F)c2)nc1. The number of hydrogen-bond donors (Lipinski definition) is 0. The predicted molar refractivity (Wildman–Crippen MR) is 97.0 cm³/mol. The number of rotatable bonds is 6. The number of aromatic nitrogens is 2. The van der Waals surface area contributed by atoms with Crippen molar-refractivity contribution in [2.24, 2.45) is 0 Å². The van der Waals surface area contributed by atoms with Crippen LogP contribution in [0.15, 0.2) is 42.7 Å². The molecule has 0 bridgehead atoms. The smallest absolute Gasteiger partial charge is 0.429 e. The standard InChI is InChI=1S/C21H17F5N2O/c1-3-4-13-10-27-20(28-11-13)14-5-6-16(19(24)7-14)21(25,26)29-15-8-17(22)12(2)18(23)9-15/h5-11H,3-4H2,1-2H3. The van der Waals surface area contributed by atoms with Gasteiger partial charge < -0.3 is 4.74 Å². The normalized spacial score (nSPS) is 11.6. The average Bonchev–Trinajstić information content (AvgIpc) is 2.66. The molecule has 3 aromatic rings. The summed E-state index contributed by atoms with van der Waals surface area (Å²) in [6.45, 7) is 3.16. The van der Waals surface area contributed by atoms with Gasteiger partial charge in [-0.05, 0) is 31.0 Å². The van der Waals surface area contributed by atoms with Gasteiger partial charge in [-0.2, -0.15) is 8.78 Å². The molecule has 0 amide bonds. The van der Waals surface area contributed by atoms with Crippen molar-refractivity contribution >= 4 is 0 Å². The third-order valence-corrected chi connectivity index (χ3v) is 4.29. The van der Waals surface area contributed by atoms with E-state index in [0.29, 0.717) is 12.1 Å². The minimum atomic E-state index is -4.15. The van der Waals surface area contributed by atoms with Crippen molar-refractivity contribution in [3.05, 3.63) is 76.9 Å². The van der Waals surface area contributed by atoms with Crippen LogP contribution in [0, 0.1) is 24.4 Å². The second kappa shape index (κ2) is 8.14. The van der Waals surface area contributed by atoms with Gasteiger partial charge >= 0.3 is 6.11 Å². The van der Waals surface area contributed by atoms with Gasteiger partial charge in [0.05, 0.1) is 5.56 Å². The van der Waals surface area contributed by atoms with Gasteiger partial charge in [0.15, 0.2) is 5.82 Å². The molecule has 0 aliphatic carbocycles. The second-order valence-electron chi connectivity index (χ2n) is 6.49. The monoisotopic (exact) mass is 408 g/mol. The highest BCUT2D eigenvalue weighted by atomic mass is 19.3. The molecular formula is C21H17F5N2O. The highest BCUT2D eigenvalue weighted by Gasteiger charge is 2.38. The summed E-state index contributed by atoms with van der Waals surface area (Å²) >= 11 is 0. The summed E-state index contributed by atoms with van der Waals surface area (Å²) in [7, 11) is 0. The number of aryl methyl sites for hydroxylation is 1. The van der Waals surface area contributed by atoms with Gasteiger partial charge in [-0.3, -0.25) is 0 Å². The van der Waals surface area contributed by atoms with Crippen LogP contribution in [0.4, 0.5) is 22.0 Å². The minimum absolute atomic E-state index is 0.183. The molecule has 29 heavy (non-hydrogen) atoms. The summed E-state index contributed by atoms with van der Waals surface area (Å²) in [5.74, 6) is -3.93. The van der Waals surface area contributed by atoms with Crippen molar-refractivity contribution in [3.63, 3.8) is 0 Å². The molecule has 0 radical (unpaired) electrons. The zero-order chi connectivity index (χ0) is 21.2. The fourth-order valence-electron chi connectivity index (χ4n) is 2.70. The van der Waals surface area contributed by atoms with Crippen LogP contribution in [0.5, 0.6) is 5.75 Å².